The van der Waals surface area contributed by atoms with Crippen LogP contribution in [-0.4, -0.2) is 28.8 Å². The zero-order valence-electron chi connectivity index (χ0n) is 9.15. The number of aromatic nitrogens is 1. The predicted molar refractivity (Wildman–Crippen MR) is 54.4 cm³/mol. The maximum Gasteiger partial charge on any atom is 0.289 e. The summed E-state index contributed by atoms with van der Waals surface area (Å²) >= 11 is 0. The second-order valence-electron chi connectivity index (χ2n) is 3.85. The average Bonchev–Trinajstić information content (AvgIpc) is 2.60. The molecular weight excluding hydrogens is 196 g/mol. The van der Waals surface area contributed by atoms with Gasteiger partial charge in [-0.1, -0.05) is 19.0 Å². The number of nitrogens with zero attached hydrogens (tertiary/aromatic N) is 1. The minimum atomic E-state index is -0.544. The Morgan fingerprint density at radius 1 is 1.67 bits per heavy atom. The maximum absolute atomic E-state index is 11.4. The highest BCUT2D eigenvalue weighted by Gasteiger charge is 2.14. The first kappa shape index (κ1) is 11.7. The van der Waals surface area contributed by atoms with E-state index in [1.54, 1.807) is 13.0 Å². The van der Waals surface area contributed by atoms with E-state index in [1.165, 1.54) is 0 Å². The van der Waals surface area contributed by atoms with E-state index in [9.17, 15) is 9.90 Å². The highest BCUT2D eigenvalue weighted by Crippen LogP contribution is 2.03. The van der Waals surface area contributed by atoms with Crippen LogP contribution in [0.3, 0.4) is 0 Å². The lowest BCUT2D eigenvalue weighted by molar-refractivity contribution is 0.0838. The molecule has 1 aromatic heterocycles. The Kier molecular flexibility index (Phi) is 3.85. The van der Waals surface area contributed by atoms with Gasteiger partial charge in [0.1, 0.15) is 0 Å². The van der Waals surface area contributed by atoms with Gasteiger partial charge in [-0.25, -0.2) is 0 Å². The van der Waals surface area contributed by atoms with E-state index in [0.717, 1.165) is 0 Å². The summed E-state index contributed by atoms with van der Waals surface area (Å²) in [6.45, 7) is 5.73. The van der Waals surface area contributed by atoms with Crippen LogP contribution < -0.4 is 5.32 Å². The van der Waals surface area contributed by atoms with Gasteiger partial charge in [0, 0.05) is 12.6 Å². The van der Waals surface area contributed by atoms with Crippen molar-refractivity contribution in [2.45, 2.75) is 26.9 Å². The molecule has 0 saturated heterocycles. The smallest absolute Gasteiger partial charge is 0.289 e. The van der Waals surface area contributed by atoms with E-state index in [1.807, 2.05) is 13.8 Å². The molecule has 0 aliphatic carbocycles. The fourth-order valence-electron chi connectivity index (χ4n) is 0.991. The molecule has 0 bridgehead atoms. The van der Waals surface area contributed by atoms with E-state index >= 15 is 0 Å². The third-order valence-corrected chi connectivity index (χ3v) is 2.09. The van der Waals surface area contributed by atoms with Gasteiger partial charge in [0.15, 0.2) is 0 Å². The quantitative estimate of drug-likeness (QED) is 0.771. The summed E-state index contributed by atoms with van der Waals surface area (Å²) in [7, 11) is 0. The Morgan fingerprint density at radius 2 is 2.33 bits per heavy atom. The Hall–Kier alpha value is -1.36. The molecule has 1 aromatic rings. The van der Waals surface area contributed by atoms with Crippen LogP contribution in [0.4, 0.5) is 0 Å². The zero-order chi connectivity index (χ0) is 11.4. The molecule has 1 unspecified atom stereocenters. The van der Waals surface area contributed by atoms with Crippen LogP contribution in [0.1, 0.15) is 30.1 Å². The molecule has 2 N–H and O–H groups in total. The number of nitrogens with one attached hydrogen (secondary N) is 1. The molecule has 84 valence electrons. The van der Waals surface area contributed by atoms with Crippen molar-refractivity contribution < 1.29 is 14.4 Å². The number of carbonyl (C=O) groups is 1. The van der Waals surface area contributed by atoms with Gasteiger partial charge in [0.2, 0.25) is 5.76 Å². The highest BCUT2D eigenvalue weighted by atomic mass is 16.5. The Labute approximate surface area is 88.5 Å². The Balaban J connectivity index is 2.43. The molecule has 0 radical (unpaired) electrons. The summed E-state index contributed by atoms with van der Waals surface area (Å²) in [5.41, 5.74) is 0.657. The van der Waals surface area contributed by atoms with Crippen LogP contribution in [-0.2, 0) is 0 Å². The molecule has 1 heterocycles. The average molecular weight is 212 g/mol. The van der Waals surface area contributed by atoms with Crippen LogP contribution >= 0.6 is 0 Å². The fraction of sp³-hybridized carbons (Fsp3) is 0.600. The van der Waals surface area contributed by atoms with Crippen molar-refractivity contribution >= 4 is 5.91 Å². The second-order valence-corrected chi connectivity index (χ2v) is 3.85. The molecule has 1 rings (SSSR count). The summed E-state index contributed by atoms with van der Waals surface area (Å²) in [5.74, 6) is -0.0690. The first-order valence-corrected chi connectivity index (χ1v) is 4.90. The van der Waals surface area contributed by atoms with Crippen LogP contribution in [0, 0.1) is 12.8 Å². The van der Waals surface area contributed by atoms with Gasteiger partial charge in [-0.2, -0.15) is 0 Å². The number of aliphatic hydroxyl groups excluding tert-OH is 1. The highest BCUT2D eigenvalue weighted by molar-refractivity contribution is 5.91. The molecule has 15 heavy (non-hydrogen) atoms. The number of hydrogen-bond acceptors (Lipinski definition) is 4. The van der Waals surface area contributed by atoms with Crippen molar-refractivity contribution in [2.24, 2.45) is 5.92 Å². The first-order chi connectivity index (χ1) is 7.00. The lowest BCUT2D eigenvalue weighted by atomic mass is 10.1. The largest absolute Gasteiger partial charge is 0.391 e. The number of rotatable bonds is 4. The Morgan fingerprint density at radius 3 is 2.80 bits per heavy atom. The monoisotopic (exact) mass is 212 g/mol. The van der Waals surface area contributed by atoms with E-state index in [0.29, 0.717) is 5.69 Å². The van der Waals surface area contributed by atoms with Crippen LogP contribution in [0.5, 0.6) is 0 Å². The van der Waals surface area contributed by atoms with E-state index < -0.39 is 6.10 Å². The van der Waals surface area contributed by atoms with Crippen molar-refractivity contribution in [2.75, 3.05) is 6.54 Å². The van der Waals surface area contributed by atoms with Crippen molar-refractivity contribution in [3.8, 4) is 0 Å². The minimum Gasteiger partial charge on any atom is -0.391 e. The van der Waals surface area contributed by atoms with Gasteiger partial charge >= 0.3 is 0 Å². The predicted octanol–water partition coefficient (Wildman–Crippen LogP) is 0.730. The molecule has 0 aliphatic rings. The molecule has 0 spiro atoms. The molecular formula is C10H16N2O3. The summed E-state index contributed by atoms with van der Waals surface area (Å²) in [5, 5.41) is 15.6. The standard InChI is InChI=1S/C10H16N2O3/c1-6(2)8(13)5-11-10(14)9-4-7(3)12-15-9/h4,6,8,13H,5H2,1-3H3,(H,11,14). The zero-order valence-corrected chi connectivity index (χ0v) is 9.15. The number of amides is 1. The first-order valence-electron chi connectivity index (χ1n) is 4.90. The van der Waals surface area contributed by atoms with Gasteiger partial charge < -0.3 is 14.9 Å². The Bertz CT molecular complexity index is 333. The molecule has 5 nitrogen and oxygen atoms in total. The van der Waals surface area contributed by atoms with E-state index in [-0.39, 0.29) is 24.1 Å². The minimum absolute atomic E-state index is 0.113. The maximum atomic E-state index is 11.4. The second kappa shape index (κ2) is 4.93. The van der Waals surface area contributed by atoms with Crippen molar-refractivity contribution in [3.05, 3.63) is 17.5 Å². The number of carbonyl (C=O) groups excluding carboxylic acids is 1. The third-order valence-electron chi connectivity index (χ3n) is 2.09. The van der Waals surface area contributed by atoms with Crippen molar-refractivity contribution in [1.29, 1.82) is 0 Å². The van der Waals surface area contributed by atoms with Crippen LogP contribution in [0.2, 0.25) is 0 Å². The molecule has 1 atom stereocenters. The van der Waals surface area contributed by atoms with Crippen LogP contribution in [0.25, 0.3) is 0 Å². The van der Waals surface area contributed by atoms with Crippen molar-refractivity contribution in [3.63, 3.8) is 0 Å². The number of hydrogen-bond donors (Lipinski definition) is 2. The topological polar surface area (TPSA) is 75.4 Å². The molecule has 0 fully saturated rings. The summed E-state index contributed by atoms with van der Waals surface area (Å²) < 4.78 is 4.78. The van der Waals surface area contributed by atoms with E-state index in [2.05, 4.69) is 10.5 Å². The lowest BCUT2D eigenvalue weighted by Gasteiger charge is -2.14. The summed E-state index contributed by atoms with van der Waals surface area (Å²) in [6, 6.07) is 1.55. The molecule has 1 amide bonds. The van der Waals surface area contributed by atoms with Gasteiger partial charge in [0.05, 0.1) is 11.8 Å². The molecule has 0 saturated carbocycles. The third kappa shape index (κ3) is 3.36. The SMILES string of the molecule is Cc1cc(C(=O)NCC(O)C(C)C)on1. The van der Waals surface area contributed by atoms with Gasteiger partial charge in [-0.15, -0.1) is 0 Å². The van der Waals surface area contributed by atoms with Crippen LogP contribution in [0.15, 0.2) is 10.6 Å². The number of aliphatic hydroxyl groups is 1. The normalized spacial score (nSPS) is 12.9. The summed E-state index contributed by atoms with van der Waals surface area (Å²) in [4.78, 5) is 11.4. The van der Waals surface area contributed by atoms with E-state index in [4.69, 9.17) is 4.52 Å². The summed E-state index contributed by atoms with van der Waals surface area (Å²) in [6.07, 6.45) is -0.544. The molecule has 0 aromatic carbocycles. The fourth-order valence-corrected chi connectivity index (χ4v) is 0.991. The lowest BCUT2D eigenvalue weighted by Crippen LogP contribution is -2.34. The van der Waals surface area contributed by atoms with Crippen molar-refractivity contribution in [1.82, 2.24) is 10.5 Å². The van der Waals surface area contributed by atoms with Gasteiger partial charge in [0.25, 0.3) is 5.91 Å². The molecule has 0 aliphatic heterocycles. The number of aryl methyl sites for hydroxylation is 1. The van der Waals surface area contributed by atoms with Gasteiger partial charge in [-0.05, 0) is 12.8 Å². The van der Waals surface area contributed by atoms with Gasteiger partial charge in [-0.3, -0.25) is 4.79 Å². The molecule has 5 heteroatoms.